The maximum absolute atomic E-state index is 11.3. The Balaban J connectivity index is 1.82. The molecule has 0 spiro atoms. The van der Waals surface area contributed by atoms with Crippen LogP contribution in [-0.2, 0) is 0 Å². The Bertz CT molecular complexity index is 945. The number of aliphatic hydroxyl groups excluding tert-OH is 1. The number of anilines is 1. The standard InChI is InChI=1S/C24H29N3O2/c1-15-6-4-7-16(12-15)23(29)22-19(17-8-5-11-26-14-17)13-20(27-24(22)25)18-9-2-3-10-21(18)28/h2-4,6-7,9-10,13,15,17,23,26,28-29H,5,8,11-12,14H2,1H3,(H2,25,27). The van der Waals surface area contributed by atoms with Gasteiger partial charge in [-0.15, -0.1) is 0 Å². The SMILES string of the molecule is CC1C=CC=C(C(O)c2c(C3CCCNC3)cc(-c3ccccc3O)nc2N)C1. The molecular weight excluding hydrogens is 362 g/mol. The predicted molar refractivity (Wildman–Crippen MR) is 117 cm³/mol. The van der Waals surface area contributed by atoms with Crippen LogP contribution in [-0.4, -0.2) is 28.3 Å². The fourth-order valence-electron chi connectivity index (χ4n) is 4.44. The van der Waals surface area contributed by atoms with E-state index in [1.54, 1.807) is 12.1 Å². The van der Waals surface area contributed by atoms with Crippen molar-refractivity contribution in [2.24, 2.45) is 5.92 Å². The summed E-state index contributed by atoms with van der Waals surface area (Å²) < 4.78 is 0. The maximum atomic E-state index is 11.3. The van der Waals surface area contributed by atoms with Gasteiger partial charge in [0.25, 0.3) is 0 Å². The molecule has 3 atom stereocenters. The van der Waals surface area contributed by atoms with Crippen molar-refractivity contribution in [3.8, 4) is 17.0 Å². The number of phenolic OH excluding ortho intramolecular Hbond substituents is 1. The number of hydrogen-bond acceptors (Lipinski definition) is 5. The van der Waals surface area contributed by atoms with Crippen molar-refractivity contribution in [1.29, 1.82) is 0 Å². The lowest BCUT2D eigenvalue weighted by Crippen LogP contribution is -2.29. The first kappa shape index (κ1) is 19.7. The molecule has 29 heavy (non-hydrogen) atoms. The third-order valence-electron chi connectivity index (χ3n) is 5.97. The summed E-state index contributed by atoms with van der Waals surface area (Å²) in [5.41, 5.74) is 10.4. The number of aliphatic hydroxyl groups is 1. The van der Waals surface area contributed by atoms with Gasteiger partial charge >= 0.3 is 0 Å². The third-order valence-corrected chi connectivity index (χ3v) is 5.97. The number of phenols is 1. The van der Waals surface area contributed by atoms with E-state index in [-0.39, 0.29) is 11.7 Å². The third kappa shape index (κ3) is 4.07. The van der Waals surface area contributed by atoms with E-state index < -0.39 is 6.10 Å². The number of nitrogens with zero attached hydrogens (tertiary/aromatic N) is 1. The van der Waals surface area contributed by atoms with Crippen molar-refractivity contribution < 1.29 is 10.2 Å². The Labute approximate surface area is 172 Å². The van der Waals surface area contributed by atoms with Crippen LogP contribution in [0, 0.1) is 5.92 Å². The number of allylic oxidation sites excluding steroid dienone is 3. The summed E-state index contributed by atoms with van der Waals surface area (Å²) in [5.74, 6) is 1.15. The molecule has 2 heterocycles. The van der Waals surface area contributed by atoms with E-state index in [1.165, 1.54) is 0 Å². The van der Waals surface area contributed by atoms with E-state index in [0.717, 1.165) is 43.5 Å². The van der Waals surface area contributed by atoms with Crippen molar-refractivity contribution >= 4 is 5.82 Å². The number of hydrogen-bond donors (Lipinski definition) is 4. The van der Waals surface area contributed by atoms with Gasteiger partial charge < -0.3 is 21.3 Å². The van der Waals surface area contributed by atoms with Gasteiger partial charge in [-0.2, -0.15) is 0 Å². The van der Waals surface area contributed by atoms with Crippen molar-refractivity contribution in [3.05, 3.63) is 65.3 Å². The molecule has 0 amide bonds. The number of nitrogen functional groups attached to an aromatic ring is 1. The fraction of sp³-hybridized carbons (Fsp3) is 0.375. The molecule has 1 aromatic heterocycles. The Hall–Kier alpha value is -2.63. The zero-order valence-electron chi connectivity index (χ0n) is 16.8. The molecule has 152 valence electrons. The van der Waals surface area contributed by atoms with E-state index in [9.17, 15) is 10.2 Å². The molecule has 5 heteroatoms. The van der Waals surface area contributed by atoms with Gasteiger partial charge in [0.15, 0.2) is 0 Å². The first-order valence-corrected chi connectivity index (χ1v) is 10.4. The van der Waals surface area contributed by atoms with E-state index in [0.29, 0.717) is 28.6 Å². The second kappa shape index (κ2) is 8.39. The summed E-state index contributed by atoms with van der Waals surface area (Å²) in [6.07, 6.45) is 8.29. The Kier molecular flexibility index (Phi) is 5.69. The highest BCUT2D eigenvalue weighted by Gasteiger charge is 2.28. The first-order chi connectivity index (χ1) is 14.0. The molecule has 1 saturated heterocycles. The minimum atomic E-state index is -0.773. The highest BCUT2D eigenvalue weighted by Crippen LogP contribution is 2.41. The second-order valence-corrected chi connectivity index (χ2v) is 8.17. The molecule has 2 aromatic rings. The van der Waals surface area contributed by atoms with Crippen LogP contribution in [0.2, 0.25) is 0 Å². The molecule has 0 bridgehead atoms. The summed E-state index contributed by atoms with van der Waals surface area (Å²) in [6, 6.07) is 9.16. The highest BCUT2D eigenvalue weighted by molar-refractivity contribution is 5.70. The molecular formula is C24H29N3O2. The van der Waals surface area contributed by atoms with E-state index in [4.69, 9.17) is 5.73 Å². The van der Waals surface area contributed by atoms with Crippen LogP contribution in [0.1, 0.15) is 49.3 Å². The number of piperidine rings is 1. The molecule has 3 unspecified atom stereocenters. The summed E-state index contributed by atoms with van der Waals surface area (Å²) in [4.78, 5) is 4.59. The Morgan fingerprint density at radius 3 is 2.83 bits per heavy atom. The highest BCUT2D eigenvalue weighted by atomic mass is 16.3. The molecule has 1 aliphatic heterocycles. The van der Waals surface area contributed by atoms with Crippen LogP contribution in [0.15, 0.2) is 54.1 Å². The smallest absolute Gasteiger partial charge is 0.130 e. The molecule has 1 fully saturated rings. The first-order valence-electron chi connectivity index (χ1n) is 10.4. The molecule has 0 saturated carbocycles. The van der Waals surface area contributed by atoms with Crippen LogP contribution >= 0.6 is 0 Å². The minimum absolute atomic E-state index is 0.175. The number of rotatable bonds is 4. The molecule has 1 aliphatic carbocycles. The molecule has 5 nitrogen and oxygen atoms in total. The van der Waals surface area contributed by atoms with E-state index >= 15 is 0 Å². The van der Waals surface area contributed by atoms with Gasteiger partial charge in [0.05, 0.1) is 5.69 Å². The zero-order chi connectivity index (χ0) is 20.4. The molecule has 0 radical (unpaired) electrons. The topological polar surface area (TPSA) is 91.4 Å². The number of para-hydroxylation sites is 1. The zero-order valence-corrected chi connectivity index (χ0v) is 16.8. The van der Waals surface area contributed by atoms with Crippen molar-refractivity contribution in [1.82, 2.24) is 10.3 Å². The fourth-order valence-corrected chi connectivity index (χ4v) is 4.44. The van der Waals surface area contributed by atoms with Crippen LogP contribution in [0.4, 0.5) is 5.82 Å². The van der Waals surface area contributed by atoms with Gasteiger partial charge in [0.2, 0.25) is 0 Å². The number of aromatic hydroxyl groups is 1. The van der Waals surface area contributed by atoms with Gasteiger partial charge in [-0.3, -0.25) is 0 Å². The average Bonchev–Trinajstić information content (AvgIpc) is 2.74. The van der Waals surface area contributed by atoms with E-state index in [1.807, 2.05) is 30.4 Å². The molecule has 5 N–H and O–H groups in total. The number of nitrogens with two attached hydrogens (primary N) is 1. The van der Waals surface area contributed by atoms with E-state index in [2.05, 4.69) is 23.3 Å². The lowest BCUT2D eigenvalue weighted by molar-refractivity contribution is 0.206. The predicted octanol–water partition coefficient (Wildman–Crippen LogP) is 4.06. The van der Waals surface area contributed by atoms with Gasteiger partial charge in [0.1, 0.15) is 17.7 Å². The summed E-state index contributed by atoms with van der Waals surface area (Å²) in [6.45, 7) is 4.00. The maximum Gasteiger partial charge on any atom is 0.130 e. The number of aromatic nitrogens is 1. The average molecular weight is 392 g/mol. The molecule has 2 aliphatic rings. The van der Waals surface area contributed by atoms with Crippen molar-refractivity contribution in [3.63, 3.8) is 0 Å². The van der Waals surface area contributed by atoms with Crippen LogP contribution < -0.4 is 11.1 Å². The number of nitrogens with one attached hydrogen (secondary N) is 1. The largest absolute Gasteiger partial charge is 0.507 e. The monoisotopic (exact) mass is 391 g/mol. The van der Waals surface area contributed by atoms with Crippen molar-refractivity contribution in [2.75, 3.05) is 18.8 Å². The second-order valence-electron chi connectivity index (χ2n) is 8.17. The molecule has 1 aromatic carbocycles. The van der Waals surface area contributed by atoms with Crippen LogP contribution in [0.25, 0.3) is 11.3 Å². The molecule has 4 rings (SSSR count). The number of pyridine rings is 1. The van der Waals surface area contributed by atoms with Crippen LogP contribution in [0.5, 0.6) is 5.75 Å². The quantitative estimate of drug-likeness (QED) is 0.631. The summed E-state index contributed by atoms with van der Waals surface area (Å²) in [5, 5.41) is 25.0. The van der Waals surface area contributed by atoms with Gasteiger partial charge in [-0.1, -0.05) is 37.3 Å². The van der Waals surface area contributed by atoms with Gasteiger partial charge in [-0.25, -0.2) is 4.98 Å². The van der Waals surface area contributed by atoms with Crippen molar-refractivity contribution in [2.45, 2.75) is 38.2 Å². The van der Waals surface area contributed by atoms with Crippen LogP contribution in [0.3, 0.4) is 0 Å². The Morgan fingerprint density at radius 1 is 1.28 bits per heavy atom. The number of benzene rings is 1. The lowest BCUT2D eigenvalue weighted by Gasteiger charge is -2.29. The minimum Gasteiger partial charge on any atom is -0.507 e. The van der Waals surface area contributed by atoms with Gasteiger partial charge in [-0.05, 0) is 67.0 Å². The summed E-state index contributed by atoms with van der Waals surface area (Å²) in [7, 11) is 0. The Morgan fingerprint density at radius 2 is 2.10 bits per heavy atom. The normalized spacial score (nSPS) is 22.9. The lowest BCUT2D eigenvalue weighted by atomic mass is 9.82. The van der Waals surface area contributed by atoms with Gasteiger partial charge in [0, 0.05) is 17.7 Å². The summed E-state index contributed by atoms with van der Waals surface area (Å²) >= 11 is 0.